The standard InChI is InChI=1S/C19H19F3N2O/c20-19(21,22)16-7-4-8-17(13-16)24-11-9-23(10-12-24)14-18(25)15-5-2-1-3-6-15/h1-8,13H,9-12,14H2. The topological polar surface area (TPSA) is 23.6 Å². The van der Waals surface area contributed by atoms with Gasteiger partial charge in [0.25, 0.3) is 0 Å². The molecule has 0 unspecified atom stereocenters. The number of alkyl halides is 3. The fourth-order valence-corrected chi connectivity index (χ4v) is 2.96. The van der Waals surface area contributed by atoms with Crippen LogP contribution in [-0.4, -0.2) is 43.4 Å². The number of carbonyl (C=O) groups excluding carboxylic acids is 1. The van der Waals surface area contributed by atoms with Crippen LogP contribution in [0.1, 0.15) is 15.9 Å². The molecule has 0 radical (unpaired) electrons. The van der Waals surface area contributed by atoms with Crippen molar-refractivity contribution < 1.29 is 18.0 Å². The van der Waals surface area contributed by atoms with Gasteiger partial charge in [0.1, 0.15) is 0 Å². The van der Waals surface area contributed by atoms with Crippen molar-refractivity contribution in [3.63, 3.8) is 0 Å². The summed E-state index contributed by atoms with van der Waals surface area (Å²) in [5.41, 5.74) is 0.623. The van der Waals surface area contributed by atoms with Crippen LogP contribution in [0.25, 0.3) is 0 Å². The molecule has 0 aromatic heterocycles. The molecule has 3 rings (SSSR count). The van der Waals surface area contributed by atoms with E-state index in [1.807, 2.05) is 28.0 Å². The lowest BCUT2D eigenvalue weighted by molar-refractivity contribution is -0.137. The Morgan fingerprint density at radius 1 is 0.920 bits per heavy atom. The zero-order valence-corrected chi connectivity index (χ0v) is 13.7. The van der Waals surface area contributed by atoms with Gasteiger partial charge in [0.05, 0.1) is 12.1 Å². The summed E-state index contributed by atoms with van der Waals surface area (Å²) in [6, 6.07) is 14.5. The highest BCUT2D eigenvalue weighted by molar-refractivity contribution is 5.97. The van der Waals surface area contributed by atoms with Gasteiger partial charge in [-0.15, -0.1) is 0 Å². The summed E-state index contributed by atoms with van der Waals surface area (Å²) in [7, 11) is 0. The van der Waals surface area contributed by atoms with Crippen LogP contribution in [0.15, 0.2) is 54.6 Å². The van der Waals surface area contributed by atoms with Crippen LogP contribution in [0.3, 0.4) is 0 Å². The second kappa shape index (κ2) is 7.27. The average molecular weight is 348 g/mol. The molecule has 2 aromatic rings. The SMILES string of the molecule is O=C(CN1CCN(c2cccc(C(F)(F)F)c2)CC1)c1ccccc1. The van der Waals surface area contributed by atoms with Crippen LogP contribution >= 0.6 is 0 Å². The van der Waals surface area contributed by atoms with Crippen molar-refractivity contribution in [3.8, 4) is 0 Å². The lowest BCUT2D eigenvalue weighted by Gasteiger charge is -2.36. The van der Waals surface area contributed by atoms with E-state index in [0.717, 1.165) is 6.07 Å². The van der Waals surface area contributed by atoms with E-state index in [0.29, 0.717) is 44.0 Å². The summed E-state index contributed by atoms with van der Waals surface area (Å²) in [4.78, 5) is 16.2. The third kappa shape index (κ3) is 4.39. The predicted molar refractivity (Wildman–Crippen MR) is 90.9 cm³/mol. The van der Waals surface area contributed by atoms with Crippen molar-refractivity contribution in [3.05, 3.63) is 65.7 Å². The summed E-state index contributed by atoms with van der Waals surface area (Å²) in [6.07, 6.45) is -4.33. The molecule has 25 heavy (non-hydrogen) atoms. The van der Waals surface area contributed by atoms with Gasteiger partial charge in [-0.05, 0) is 18.2 Å². The van der Waals surface area contributed by atoms with Crippen LogP contribution in [0, 0.1) is 0 Å². The Kier molecular flexibility index (Phi) is 5.08. The minimum absolute atomic E-state index is 0.0631. The Balaban J connectivity index is 1.58. The molecule has 1 aliphatic heterocycles. The van der Waals surface area contributed by atoms with Crippen molar-refractivity contribution in [2.45, 2.75) is 6.18 Å². The molecule has 0 amide bonds. The van der Waals surface area contributed by atoms with E-state index < -0.39 is 11.7 Å². The molecule has 1 fully saturated rings. The summed E-state index contributed by atoms with van der Waals surface area (Å²) in [5.74, 6) is 0.0631. The Hall–Kier alpha value is -2.34. The number of ketones is 1. The van der Waals surface area contributed by atoms with Gasteiger partial charge in [-0.3, -0.25) is 9.69 Å². The van der Waals surface area contributed by atoms with Gasteiger partial charge in [0.2, 0.25) is 0 Å². The van der Waals surface area contributed by atoms with Crippen LogP contribution < -0.4 is 4.90 Å². The first-order valence-electron chi connectivity index (χ1n) is 8.16. The Morgan fingerprint density at radius 3 is 2.24 bits per heavy atom. The quantitative estimate of drug-likeness (QED) is 0.787. The number of nitrogens with zero attached hydrogens (tertiary/aromatic N) is 2. The first kappa shape index (κ1) is 17.5. The number of rotatable bonds is 4. The first-order chi connectivity index (χ1) is 11.9. The lowest BCUT2D eigenvalue weighted by Crippen LogP contribution is -2.48. The number of benzene rings is 2. The van der Waals surface area contributed by atoms with Crippen molar-refractivity contribution in [2.24, 2.45) is 0 Å². The molecule has 3 nitrogen and oxygen atoms in total. The van der Waals surface area contributed by atoms with Crippen LogP contribution in [0.2, 0.25) is 0 Å². The van der Waals surface area contributed by atoms with Crippen molar-refractivity contribution in [1.29, 1.82) is 0 Å². The third-order valence-electron chi connectivity index (χ3n) is 4.37. The molecule has 6 heteroatoms. The van der Waals surface area contributed by atoms with Crippen molar-refractivity contribution in [2.75, 3.05) is 37.6 Å². The van der Waals surface area contributed by atoms with Gasteiger partial charge < -0.3 is 4.90 Å². The van der Waals surface area contributed by atoms with Crippen LogP contribution in [0.5, 0.6) is 0 Å². The first-order valence-corrected chi connectivity index (χ1v) is 8.16. The van der Waals surface area contributed by atoms with Gasteiger partial charge in [-0.2, -0.15) is 13.2 Å². The maximum atomic E-state index is 12.8. The monoisotopic (exact) mass is 348 g/mol. The zero-order chi connectivity index (χ0) is 17.9. The Morgan fingerprint density at radius 2 is 1.60 bits per heavy atom. The van der Waals surface area contributed by atoms with Gasteiger partial charge >= 0.3 is 6.18 Å². The zero-order valence-electron chi connectivity index (χ0n) is 13.7. The summed E-state index contributed by atoms with van der Waals surface area (Å²) in [5, 5.41) is 0. The second-order valence-corrected chi connectivity index (χ2v) is 6.10. The summed E-state index contributed by atoms with van der Waals surface area (Å²) < 4.78 is 38.5. The Bertz CT molecular complexity index is 723. The molecule has 0 spiro atoms. The summed E-state index contributed by atoms with van der Waals surface area (Å²) in [6.45, 7) is 2.83. The highest BCUT2D eigenvalue weighted by atomic mass is 19.4. The fraction of sp³-hybridized carbons (Fsp3) is 0.316. The highest BCUT2D eigenvalue weighted by Gasteiger charge is 2.31. The average Bonchev–Trinajstić information content (AvgIpc) is 2.62. The summed E-state index contributed by atoms with van der Waals surface area (Å²) >= 11 is 0. The molecule has 1 saturated heterocycles. The molecular formula is C19H19F3N2O. The molecule has 1 heterocycles. The molecular weight excluding hydrogens is 329 g/mol. The molecule has 0 N–H and O–H groups in total. The van der Waals surface area contributed by atoms with E-state index in [-0.39, 0.29) is 5.78 Å². The molecule has 2 aromatic carbocycles. The molecule has 1 aliphatic rings. The molecule has 132 valence electrons. The van der Waals surface area contributed by atoms with E-state index >= 15 is 0 Å². The van der Waals surface area contributed by atoms with E-state index in [1.54, 1.807) is 18.2 Å². The van der Waals surface area contributed by atoms with E-state index in [2.05, 4.69) is 0 Å². The van der Waals surface area contributed by atoms with Gasteiger partial charge in [0.15, 0.2) is 5.78 Å². The van der Waals surface area contributed by atoms with Crippen LogP contribution in [0.4, 0.5) is 18.9 Å². The van der Waals surface area contributed by atoms with E-state index in [4.69, 9.17) is 0 Å². The predicted octanol–water partition coefficient (Wildman–Crippen LogP) is 3.71. The second-order valence-electron chi connectivity index (χ2n) is 6.10. The smallest absolute Gasteiger partial charge is 0.369 e. The largest absolute Gasteiger partial charge is 0.416 e. The normalized spacial score (nSPS) is 16.0. The molecule has 0 bridgehead atoms. The minimum atomic E-state index is -4.33. The molecule has 0 saturated carbocycles. The number of carbonyl (C=O) groups is 1. The number of hydrogen-bond acceptors (Lipinski definition) is 3. The number of anilines is 1. The maximum Gasteiger partial charge on any atom is 0.416 e. The van der Waals surface area contributed by atoms with Gasteiger partial charge in [0, 0.05) is 37.4 Å². The third-order valence-corrected chi connectivity index (χ3v) is 4.37. The van der Waals surface area contributed by atoms with Gasteiger partial charge in [-0.1, -0.05) is 36.4 Å². The molecule has 0 aliphatic carbocycles. The van der Waals surface area contributed by atoms with Crippen molar-refractivity contribution >= 4 is 11.5 Å². The van der Waals surface area contributed by atoms with E-state index in [9.17, 15) is 18.0 Å². The van der Waals surface area contributed by atoms with Crippen LogP contribution in [-0.2, 0) is 6.18 Å². The number of halogens is 3. The van der Waals surface area contributed by atoms with Gasteiger partial charge in [-0.25, -0.2) is 0 Å². The Labute approximate surface area is 144 Å². The van der Waals surface area contributed by atoms with E-state index in [1.165, 1.54) is 12.1 Å². The minimum Gasteiger partial charge on any atom is -0.369 e. The van der Waals surface area contributed by atoms with Crippen molar-refractivity contribution in [1.82, 2.24) is 4.90 Å². The molecule has 0 atom stereocenters. The maximum absolute atomic E-state index is 12.8. The highest BCUT2D eigenvalue weighted by Crippen LogP contribution is 2.31. The number of Topliss-reactive ketones (excluding diaryl/α,β-unsaturated/α-hetero) is 1. The number of piperazine rings is 1. The number of hydrogen-bond donors (Lipinski definition) is 0. The fourth-order valence-electron chi connectivity index (χ4n) is 2.96. The lowest BCUT2D eigenvalue weighted by atomic mass is 10.1.